The van der Waals surface area contributed by atoms with E-state index in [2.05, 4.69) is 86.8 Å². The molecule has 0 spiro atoms. The third-order valence-electron chi connectivity index (χ3n) is 8.62. The van der Waals surface area contributed by atoms with Gasteiger partial charge < -0.3 is 19.0 Å². The highest BCUT2D eigenvalue weighted by molar-refractivity contribution is 7.09. The van der Waals surface area contributed by atoms with Crippen LogP contribution in [0.4, 0.5) is 0 Å². The summed E-state index contributed by atoms with van der Waals surface area (Å²) in [6, 6.07) is 27.3. The first kappa shape index (κ1) is 31.9. The Morgan fingerprint density at radius 1 is 0.977 bits per heavy atom. The number of carboxylic acid groups (broad SMARTS) is 1. The van der Waals surface area contributed by atoms with Crippen molar-refractivity contribution in [3.8, 4) is 11.5 Å². The Labute approximate surface area is 266 Å². The second-order valence-electron chi connectivity index (χ2n) is 12.5. The van der Waals surface area contributed by atoms with Crippen LogP contribution in [0.15, 0.2) is 84.2 Å². The number of aromatic nitrogens is 1. The number of thiazole rings is 1. The molecule has 0 aliphatic carbocycles. The molecule has 8 heteroatoms. The van der Waals surface area contributed by atoms with Gasteiger partial charge in [-0.3, -0.25) is 4.79 Å². The van der Waals surface area contributed by atoms with E-state index in [1.165, 1.54) is 10.4 Å². The van der Waals surface area contributed by atoms with E-state index in [4.69, 9.17) is 18.9 Å². The number of carbonyl (C=O) groups is 1. The van der Waals surface area contributed by atoms with Crippen molar-refractivity contribution >= 4 is 36.0 Å². The van der Waals surface area contributed by atoms with Gasteiger partial charge in [0.1, 0.15) is 0 Å². The van der Waals surface area contributed by atoms with E-state index in [9.17, 15) is 9.90 Å². The van der Waals surface area contributed by atoms with Crippen LogP contribution in [0.2, 0.25) is 5.04 Å². The van der Waals surface area contributed by atoms with Crippen LogP contribution in [-0.4, -0.2) is 37.8 Å². The average Bonchev–Trinajstić information content (AvgIpc) is 3.68. The lowest BCUT2D eigenvalue weighted by atomic mass is 9.81. The van der Waals surface area contributed by atoms with Crippen LogP contribution in [0.25, 0.3) is 0 Å². The van der Waals surface area contributed by atoms with Gasteiger partial charge in [0.2, 0.25) is 6.79 Å². The summed E-state index contributed by atoms with van der Waals surface area (Å²) in [7, 11) is -2.53. The first-order valence-electron chi connectivity index (χ1n) is 15.5. The number of aryl methyl sites for hydroxylation is 1. The monoisotopic (exact) mass is 629 g/mol. The number of ether oxygens (including phenoxy) is 2. The summed E-state index contributed by atoms with van der Waals surface area (Å²) in [5.74, 6) is -0.134. The summed E-state index contributed by atoms with van der Waals surface area (Å²) in [6.45, 7) is 9.73. The topological polar surface area (TPSA) is 77.9 Å². The molecule has 4 aromatic rings. The number of hydrogen-bond acceptors (Lipinski definition) is 6. The molecule has 232 valence electrons. The van der Waals surface area contributed by atoms with Crippen LogP contribution in [0.1, 0.15) is 69.1 Å². The molecule has 44 heavy (non-hydrogen) atoms. The molecule has 0 saturated carbocycles. The summed E-state index contributed by atoms with van der Waals surface area (Å²) in [6.07, 6.45) is 3.90. The minimum absolute atomic E-state index is 0.0409. The third-order valence-corrected chi connectivity index (χ3v) is 14.6. The smallest absolute Gasteiger partial charge is 0.307 e. The van der Waals surface area contributed by atoms with Gasteiger partial charge in [-0.15, -0.1) is 11.3 Å². The van der Waals surface area contributed by atoms with Gasteiger partial charge in [-0.2, -0.15) is 0 Å². The fourth-order valence-corrected chi connectivity index (χ4v) is 11.9. The lowest BCUT2D eigenvalue weighted by Gasteiger charge is -2.43. The Bertz CT molecular complexity index is 1480. The van der Waals surface area contributed by atoms with Crippen LogP contribution in [0.5, 0.6) is 11.5 Å². The molecule has 0 amide bonds. The Morgan fingerprint density at radius 3 is 2.25 bits per heavy atom. The highest BCUT2D eigenvalue weighted by atomic mass is 32.1. The summed E-state index contributed by atoms with van der Waals surface area (Å²) in [5, 5.41) is 15.7. The molecule has 1 aliphatic heterocycles. The molecule has 0 fully saturated rings. The molecule has 0 saturated heterocycles. The Kier molecular flexibility index (Phi) is 10.2. The maximum absolute atomic E-state index is 12.2. The van der Waals surface area contributed by atoms with E-state index in [1.807, 2.05) is 25.1 Å². The van der Waals surface area contributed by atoms with Gasteiger partial charge >= 0.3 is 5.97 Å². The number of aliphatic carboxylic acids is 1. The summed E-state index contributed by atoms with van der Waals surface area (Å²) >= 11 is 1.66. The molecule has 1 unspecified atom stereocenters. The van der Waals surface area contributed by atoms with E-state index in [0.29, 0.717) is 30.9 Å². The van der Waals surface area contributed by atoms with Crippen molar-refractivity contribution < 1.29 is 23.8 Å². The quantitative estimate of drug-likeness (QED) is 0.117. The van der Waals surface area contributed by atoms with Crippen molar-refractivity contribution in [2.24, 2.45) is 5.92 Å². The molecule has 1 aliphatic rings. The predicted octanol–water partition coefficient (Wildman–Crippen LogP) is 7.21. The van der Waals surface area contributed by atoms with Gasteiger partial charge in [0.05, 0.1) is 16.6 Å². The van der Waals surface area contributed by atoms with Crippen LogP contribution >= 0.6 is 11.3 Å². The van der Waals surface area contributed by atoms with Gasteiger partial charge in [-0.05, 0) is 65.2 Å². The fraction of sp³-hybridized carbons (Fsp3) is 0.389. The predicted molar refractivity (Wildman–Crippen MR) is 179 cm³/mol. The minimum Gasteiger partial charge on any atom is -0.481 e. The molecule has 0 bridgehead atoms. The van der Waals surface area contributed by atoms with Crippen molar-refractivity contribution in [2.45, 2.75) is 70.8 Å². The minimum atomic E-state index is -2.53. The molecule has 0 radical (unpaired) electrons. The second-order valence-corrected chi connectivity index (χ2v) is 17.7. The van der Waals surface area contributed by atoms with Crippen LogP contribution in [-0.2, 0) is 22.1 Å². The van der Waals surface area contributed by atoms with Gasteiger partial charge in [0.25, 0.3) is 8.32 Å². The molecule has 1 N–H and O–H groups in total. The maximum Gasteiger partial charge on any atom is 0.307 e. The van der Waals surface area contributed by atoms with Crippen molar-refractivity contribution in [2.75, 3.05) is 13.4 Å². The Morgan fingerprint density at radius 2 is 1.64 bits per heavy atom. The fourth-order valence-electron chi connectivity index (χ4n) is 6.42. The van der Waals surface area contributed by atoms with Crippen LogP contribution in [0.3, 0.4) is 0 Å². The molecule has 3 aromatic carbocycles. The zero-order chi connectivity index (χ0) is 31.2. The first-order valence-corrected chi connectivity index (χ1v) is 18.3. The SMILES string of the molecule is CCC(C(=O)O)[C@H](Cc1csc(CCCCO[Si](c2ccccc2)(c2ccccc2)C(C)(C)C)n1)c1ccc2c(c1)OCO2. The number of unbranched alkanes of at least 4 members (excludes halogenated alkanes) is 1. The van der Waals surface area contributed by atoms with Crippen LogP contribution in [0, 0.1) is 5.92 Å². The molecule has 5 rings (SSSR count). The van der Waals surface area contributed by atoms with Crippen molar-refractivity contribution in [3.05, 3.63) is 101 Å². The van der Waals surface area contributed by atoms with Gasteiger partial charge in [0.15, 0.2) is 11.5 Å². The third kappa shape index (κ3) is 6.93. The molecule has 1 aromatic heterocycles. The summed E-state index contributed by atoms with van der Waals surface area (Å²) in [5.41, 5.74) is 1.88. The number of benzene rings is 3. The molecular weight excluding hydrogens is 587 g/mol. The largest absolute Gasteiger partial charge is 0.481 e. The highest BCUT2D eigenvalue weighted by Crippen LogP contribution is 2.39. The van der Waals surface area contributed by atoms with Crippen molar-refractivity contribution in [3.63, 3.8) is 0 Å². The van der Waals surface area contributed by atoms with E-state index in [-0.39, 0.29) is 17.7 Å². The molecule has 6 nitrogen and oxygen atoms in total. The number of hydrogen-bond donors (Lipinski definition) is 1. The number of rotatable bonds is 14. The van der Waals surface area contributed by atoms with Crippen molar-refractivity contribution in [1.29, 1.82) is 0 Å². The zero-order valence-electron chi connectivity index (χ0n) is 26.1. The van der Waals surface area contributed by atoms with Crippen molar-refractivity contribution in [1.82, 2.24) is 4.98 Å². The Balaban J connectivity index is 1.24. The lowest BCUT2D eigenvalue weighted by molar-refractivity contribution is -0.142. The van der Waals surface area contributed by atoms with Gasteiger partial charge in [0, 0.05) is 17.9 Å². The molecule has 2 heterocycles. The van der Waals surface area contributed by atoms with E-state index in [1.54, 1.807) is 11.3 Å². The number of nitrogens with zero attached hydrogens (tertiary/aromatic N) is 1. The van der Waals surface area contributed by atoms with Crippen LogP contribution < -0.4 is 19.8 Å². The zero-order valence-corrected chi connectivity index (χ0v) is 27.9. The van der Waals surface area contributed by atoms with E-state index in [0.717, 1.165) is 35.5 Å². The summed E-state index contributed by atoms with van der Waals surface area (Å²) in [4.78, 5) is 17.2. The normalized spacial score (nSPS) is 14.4. The van der Waals surface area contributed by atoms with Gasteiger partial charge in [-0.1, -0.05) is 94.4 Å². The standard InChI is InChI=1S/C36H43NO5SSi/c1-5-30(35(38)39)31(26-19-20-32-33(22-26)41-25-40-32)23-27-24-43-34(37-27)18-12-13-21-42-44(36(2,3)4,28-14-8-6-9-15-28)29-16-10-7-11-17-29/h6-11,14-17,19-20,22,24,30-31H,5,12-13,18,21,23,25H2,1-4H3,(H,38,39)/t30?,31-/m1/s1. The van der Waals surface area contributed by atoms with E-state index < -0.39 is 20.2 Å². The number of fused-ring (bicyclic) bond motifs is 1. The molecular formula is C36H43NO5SSi. The van der Waals surface area contributed by atoms with Gasteiger partial charge in [-0.25, -0.2) is 4.98 Å². The second kappa shape index (κ2) is 14.1. The summed E-state index contributed by atoms with van der Waals surface area (Å²) < 4.78 is 18.1. The maximum atomic E-state index is 12.2. The first-order chi connectivity index (χ1) is 21.2. The average molecular weight is 630 g/mol. The lowest BCUT2D eigenvalue weighted by Crippen LogP contribution is -2.66. The van der Waals surface area contributed by atoms with E-state index >= 15 is 0 Å². The molecule has 2 atom stereocenters. The number of carboxylic acids is 1. The Hall–Kier alpha value is -3.46. The highest BCUT2D eigenvalue weighted by Gasteiger charge is 2.49.